The number of quaternary nitrogens is 1. The second kappa shape index (κ2) is 9.62. The molecule has 2 heterocycles. The summed E-state index contributed by atoms with van der Waals surface area (Å²) in [5, 5.41) is 5.38. The van der Waals surface area contributed by atoms with Gasteiger partial charge in [-0.05, 0) is 30.7 Å². The molecular weight excluding hydrogens is 514 g/mol. The molecule has 11 heteroatoms. The monoisotopic (exact) mass is 532 g/mol. The molecule has 1 unspecified atom stereocenters. The first-order valence-corrected chi connectivity index (χ1v) is 11.6. The van der Waals surface area contributed by atoms with E-state index in [0.717, 1.165) is 11.3 Å². The summed E-state index contributed by atoms with van der Waals surface area (Å²) in [7, 11) is 0. The molecule has 0 saturated carbocycles. The molecule has 190 valence electrons. The van der Waals surface area contributed by atoms with Gasteiger partial charge in [0.1, 0.15) is 13.2 Å². The summed E-state index contributed by atoms with van der Waals surface area (Å²) >= 11 is 6.48. The first-order chi connectivity index (χ1) is 17.7. The van der Waals surface area contributed by atoms with Gasteiger partial charge in [-0.15, -0.1) is 0 Å². The van der Waals surface area contributed by atoms with Crippen LogP contribution in [0.15, 0.2) is 71.9 Å². The quantitative estimate of drug-likeness (QED) is 0.243. The molecule has 0 aromatic heterocycles. The number of nitrogens with zero attached hydrogens (tertiary/aromatic N) is 1. The number of anilines is 1. The molecule has 1 aliphatic carbocycles. The molecule has 2 aromatic rings. The Morgan fingerprint density at radius 2 is 1.84 bits per heavy atom. The molecule has 1 saturated heterocycles. The smallest absolute Gasteiger partial charge is 0.357 e. The summed E-state index contributed by atoms with van der Waals surface area (Å²) in [5.74, 6) is -9.20. The van der Waals surface area contributed by atoms with Crippen molar-refractivity contribution in [2.24, 2.45) is 0 Å². The molecule has 1 fully saturated rings. The van der Waals surface area contributed by atoms with Crippen molar-refractivity contribution in [1.82, 2.24) is 5.32 Å². The van der Waals surface area contributed by atoms with Crippen molar-refractivity contribution in [2.75, 3.05) is 25.1 Å². The average molecular weight is 533 g/mol. The zero-order valence-corrected chi connectivity index (χ0v) is 19.8. The summed E-state index contributed by atoms with van der Waals surface area (Å²) in [4.78, 5) is 26.5. The minimum atomic E-state index is -2.10. The summed E-state index contributed by atoms with van der Waals surface area (Å²) in [6, 6.07) is 4.29. The number of fused-ring (bicyclic) bond motifs is 3. The van der Waals surface area contributed by atoms with E-state index < -0.39 is 34.7 Å². The molecule has 37 heavy (non-hydrogen) atoms. The Hall–Kier alpha value is -3.73. The van der Waals surface area contributed by atoms with Gasteiger partial charge in [0, 0.05) is 23.5 Å². The number of hydrogen-bond acceptors (Lipinski definition) is 4. The van der Waals surface area contributed by atoms with Gasteiger partial charge in [0.15, 0.2) is 34.7 Å². The van der Waals surface area contributed by atoms with Crippen molar-refractivity contribution in [3.63, 3.8) is 0 Å². The third-order valence-corrected chi connectivity index (χ3v) is 6.75. The van der Waals surface area contributed by atoms with Gasteiger partial charge in [0.2, 0.25) is 0 Å². The summed E-state index contributed by atoms with van der Waals surface area (Å²) < 4.78 is 59.8. The Balaban J connectivity index is 1.48. The van der Waals surface area contributed by atoms with Crippen molar-refractivity contribution >= 4 is 29.1 Å². The lowest BCUT2D eigenvalue weighted by Crippen LogP contribution is -2.56. The molecule has 2 amide bonds. The van der Waals surface area contributed by atoms with Crippen LogP contribution in [0, 0.1) is 23.3 Å². The summed E-state index contributed by atoms with van der Waals surface area (Å²) in [6.07, 6.45) is 9.97. The van der Waals surface area contributed by atoms with Gasteiger partial charge in [-0.2, -0.15) is 4.48 Å². The largest absolute Gasteiger partial charge is 0.365 e. The summed E-state index contributed by atoms with van der Waals surface area (Å²) in [6.45, 7) is 0.891. The third kappa shape index (κ3) is 4.16. The van der Waals surface area contributed by atoms with Gasteiger partial charge in [-0.25, -0.2) is 22.4 Å². The van der Waals surface area contributed by atoms with E-state index in [1.165, 1.54) is 18.2 Å². The van der Waals surface area contributed by atoms with E-state index >= 15 is 0 Å². The predicted octanol–water partition coefficient (Wildman–Crippen LogP) is 5.31. The molecule has 3 aliphatic rings. The van der Waals surface area contributed by atoms with Crippen LogP contribution in [0.2, 0.25) is 5.02 Å². The van der Waals surface area contributed by atoms with Crippen LogP contribution in [0.4, 0.5) is 23.2 Å². The minimum Gasteiger partial charge on any atom is -0.365 e. The van der Waals surface area contributed by atoms with E-state index in [0.29, 0.717) is 25.3 Å². The molecular formula is C26H19ClF4N3O3+. The molecule has 6 nitrogen and oxygen atoms in total. The molecule has 1 atom stereocenters. The Labute approximate surface area is 213 Å². The minimum absolute atomic E-state index is 0.00670. The fourth-order valence-electron chi connectivity index (χ4n) is 4.62. The lowest BCUT2D eigenvalue weighted by molar-refractivity contribution is -0.779. The van der Waals surface area contributed by atoms with Gasteiger partial charge in [0.05, 0.1) is 29.0 Å². The van der Waals surface area contributed by atoms with E-state index in [9.17, 15) is 27.2 Å². The van der Waals surface area contributed by atoms with Crippen molar-refractivity contribution < 1.29 is 36.4 Å². The molecule has 0 radical (unpaired) electrons. The molecule has 2 aromatic carbocycles. The van der Waals surface area contributed by atoms with Gasteiger partial charge >= 0.3 is 5.91 Å². The van der Waals surface area contributed by atoms with E-state index in [4.69, 9.17) is 16.3 Å². The second-order valence-corrected chi connectivity index (χ2v) is 8.95. The molecule has 2 N–H and O–H groups in total. The Morgan fingerprint density at radius 1 is 1.03 bits per heavy atom. The number of ether oxygens (including phenoxy) is 1. The maximum atomic E-state index is 14.1. The average Bonchev–Trinajstić information content (AvgIpc) is 3.07. The molecule has 2 aliphatic heterocycles. The van der Waals surface area contributed by atoms with Crippen LogP contribution in [-0.2, 0) is 4.74 Å². The van der Waals surface area contributed by atoms with Crippen LogP contribution in [0.5, 0.6) is 0 Å². The number of morpholine rings is 1. The highest BCUT2D eigenvalue weighted by molar-refractivity contribution is 6.34. The topological polar surface area (TPSA) is 67.4 Å². The number of halogens is 5. The van der Waals surface area contributed by atoms with Crippen molar-refractivity contribution in [3.8, 4) is 0 Å². The zero-order chi connectivity index (χ0) is 26.3. The first-order valence-electron chi connectivity index (χ1n) is 11.2. The number of benzene rings is 2. The Bertz CT molecular complexity index is 1470. The fraction of sp³-hybridized carbons (Fsp3) is 0.154. The van der Waals surface area contributed by atoms with Gasteiger partial charge in [-0.3, -0.25) is 4.79 Å². The van der Waals surface area contributed by atoms with Gasteiger partial charge in [-0.1, -0.05) is 23.8 Å². The highest BCUT2D eigenvalue weighted by atomic mass is 35.5. The summed E-state index contributed by atoms with van der Waals surface area (Å²) in [5.41, 5.74) is 1.58. The van der Waals surface area contributed by atoms with Crippen LogP contribution in [0.25, 0.3) is 0 Å². The lowest BCUT2D eigenvalue weighted by Gasteiger charge is -2.41. The van der Waals surface area contributed by atoms with Crippen LogP contribution in [0.3, 0.4) is 0 Å². The highest BCUT2D eigenvalue weighted by Crippen LogP contribution is 2.40. The number of allylic oxidation sites excluding steroid dienone is 4. The van der Waals surface area contributed by atoms with E-state index in [1.807, 2.05) is 24.4 Å². The second-order valence-electron chi connectivity index (χ2n) is 8.54. The fourth-order valence-corrected chi connectivity index (χ4v) is 4.88. The SMILES string of the molecule is O=C(Nc1ccc(C(=O)[N+]23CCOCC2=CNC=C2CC=CC=C23)c(Cl)c1)c1cc(F)c(F)c(F)c1F. The molecule has 5 rings (SSSR count). The Morgan fingerprint density at radius 3 is 2.62 bits per heavy atom. The maximum absolute atomic E-state index is 14.1. The Kier molecular flexibility index (Phi) is 6.49. The van der Waals surface area contributed by atoms with Crippen LogP contribution in [-0.4, -0.2) is 36.1 Å². The number of amides is 2. The highest BCUT2D eigenvalue weighted by Gasteiger charge is 2.50. The van der Waals surface area contributed by atoms with Crippen molar-refractivity contribution in [2.45, 2.75) is 6.42 Å². The molecule has 0 spiro atoms. The number of hydrogen-bond donors (Lipinski definition) is 2. The standard InChI is InChI=1S/C26H18ClF4N3O3/c27-19-9-15(33-25(35)18-10-20(28)23(30)24(31)22(18)29)5-6-17(19)26(36)34-7-8-37-13-16(34)12-32-11-14-3-1-2-4-21(14)34/h1-2,4-6,9-12,32H,3,7-8,13H2/p+1. The van der Waals surface area contributed by atoms with Crippen LogP contribution >= 0.6 is 11.6 Å². The van der Waals surface area contributed by atoms with Crippen molar-refractivity contribution in [1.29, 1.82) is 0 Å². The lowest BCUT2D eigenvalue weighted by atomic mass is 9.98. The van der Waals surface area contributed by atoms with E-state index in [1.54, 1.807) is 6.20 Å². The molecule has 0 bridgehead atoms. The number of nitrogens with one attached hydrogen (secondary N) is 2. The normalized spacial score (nSPS) is 20.4. The van der Waals surface area contributed by atoms with Crippen LogP contribution < -0.4 is 10.6 Å². The van der Waals surface area contributed by atoms with Gasteiger partial charge in [0.25, 0.3) is 5.91 Å². The maximum Gasteiger partial charge on any atom is 0.357 e. The third-order valence-electron chi connectivity index (χ3n) is 6.44. The number of rotatable bonds is 3. The van der Waals surface area contributed by atoms with E-state index in [-0.39, 0.29) is 39.3 Å². The zero-order valence-electron chi connectivity index (χ0n) is 19.1. The number of carbonyl (C=O) groups is 2. The predicted molar refractivity (Wildman–Crippen MR) is 127 cm³/mol. The first kappa shape index (κ1) is 24.9. The van der Waals surface area contributed by atoms with Crippen molar-refractivity contribution in [3.05, 3.63) is 111 Å². The van der Waals surface area contributed by atoms with E-state index in [2.05, 4.69) is 10.6 Å². The number of carbonyl (C=O) groups excluding carboxylic acids is 2. The van der Waals surface area contributed by atoms with Gasteiger partial charge < -0.3 is 15.4 Å². The van der Waals surface area contributed by atoms with Crippen LogP contribution in [0.1, 0.15) is 27.1 Å².